The Morgan fingerprint density at radius 1 is 1.41 bits per heavy atom. The first-order valence-electron chi connectivity index (χ1n) is 7.49. The summed E-state index contributed by atoms with van der Waals surface area (Å²) < 4.78 is 7.58. The Morgan fingerprint density at radius 2 is 2.27 bits per heavy atom. The summed E-state index contributed by atoms with van der Waals surface area (Å²) in [6, 6.07) is 5.75. The summed E-state index contributed by atoms with van der Waals surface area (Å²) in [6.07, 6.45) is 4.64. The van der Waals surface area contributed by atoms with Crippen molar-refractivity contribution in [3.05, 3.63) is 30.6 Å². The molecule has 0 spiro atoms. The van der Waals surface area contributed by atoms with Gasteiger partial charge in [-0.3, -0.25) is 9.78 Å². The van der Waals surface area contributed by atoms with Crippen molar-refractivity contribution in [2.45, 2.75) is 32.9 Å². The van der Waals surface area contributed by atoms with Gasteiger partial charge in [-0.05, 0) is 31.5 Å². The van der Waals surface area contributed by atoms with Crippen molar-refractivity contribution in [1.82, 2.24) is 20.0 Å². The number of aliphatic hydroxyl groups is 1. The molecule has 0 aliphatic carbocycles. The minimum absolute atomic E-state index is 0.0138. The van der Waals surface area contributed by atoms with E-state index in [1.807, 2.05) is 42.2 Å². The summed E-state index contributed by atoms with van der Waals surface area (Å²) >= 11 is 0. The van der Waals surface area contributed by atoms with Crippen molar-refractivity contribution in [2.75, 3.05) is 6.61 Å². The van der Waals surface area contributed by atoms with Gasteiger partial charge in [-0.15, -0.1) is 0 Å². The van der Waals surface area contributed by atoms with Crippen LogP contribution in [0, 0.1) is 0 Å². The molecule has 6 heteroatoms. The highest BCUT2D eigenvalue weighted by atomic mass is 16.5. The van der Waals surface area contributed by atoms with Gasteiger partial charge >= 0.3 is 0 Å². The van der Waals surface area contributed by atoms with E-state index in [1.54, 1.807) is 0 Å². The predicted octanol–water partition coefficient (Wildman–Crippen LogP) is 2.60. The standard InChI is InChI=1S/C16H20N4O2/c1-3-6-20-9-12(8-17-20)16-14-7-13(22-11(2)10-21)4-5-15(14)18-19-16/h4-5,7-9,11,21H,3,6,10H2,1-2H3,(H,18,19). The molecule has 0 amide bonds. The average molecular weight is 300 g/mol. The number of benzene rings is 1. The molecular formula is C16H20N4O2. The zero-order chi connectivity index (χ0) is 15.5. The molecule has 1 atom stereocenters. The molecule has 1 aromatic carbocycles. The molecule has 6 nitrogen and oxygen atoms in total. The molecule has 116 valence electrons. The van der Waals surface area contributed by atoms with Gasteiger partial charge in [-0.25, -0.2) is 0 Å². The van der Waals surface area contributed by atoms with E-state index in [0.29, 0.717) is 0 Å². The monoisotopic (exact) mass is 300 g/mol. The van der Waals surface area contributed by atoms with Crippen molar-refractivity contribution in [3.8, 4) is 17.0 Å². The number of nitrogens with zero attached hydrogens (tertiary/aromatic N) is 3. The van der Waals surface area contributed by atoms with Crippen LogP contribution in [0.2, 0.25) is 0 Å². The fourth-order valence-corrected chi connectivity index (χ4v) is 2.39. The lowest BCUT2D eigenvalue weighted by molar-refractivity contribution is 0.130. The molecule has 0 bridgehead atoms. The van der Waals surface area contributed by atoms with E-state index in [1.165, 1.54) is 0 Å². The van der Waals surface area contributed by atoms with Crippen LogP contribution in [0.15, 0.2) is 30.6 Å². The molecule has 3 aromatic rings. The second-order valence-corrected chi connectivity index (χ2v) is 5.38. The average Bonchev–Trinajstić information content (AvgIpc) is 3.13. The van der Waals surface area contributed by atoms with E-state index in [2.05, 4.69) is 22.2 Å². The Morgan fingerprint density at radius 3 is 3.05 bits per heavy atom. The lowest BCUT2D eigenvalue weighted by Gasteiger charge is -2.11. The molecule has 22 heavy (non-hydrogen) atoms. The molecule has 2 aromatic heterocycles. The van der Waals surface area contributed by atoms with E-state index in [4.69, 9.17) is 9.84 Å². The molecule has 2 N–H and O–H groups in total. The van der Waals surface area contributed by atoms with Crippen molar-refractivity contribution in [2.24, 2.45) is 0 Å². The SMILES string of the molecule is CCCn1cc(-c2n[nH]c3ccc(OC(C)CO)cc23)cn1. The minimum atomic E-state index is -0.236. The topological polar surface area (TPSA) is 76.0 Å². The lowest BCUT2D eigenvalue weighted by Crippen LogP contribution is -2.15. The van der Waals surface area contributed by atoms with Crippen molar-refractivity contribution in [3.63, 3.8) is 0 Å². The van der Waals surface area contributed by atoms with E-state index < -0.39 is 0 Å². The van der Waals surface area contributed by atoms with Crippen LogP contribution in [0.25, 0.3) is 22.2 Å². The second kappa shape index (κ2) is 6.19. The molecule has 0 radical (unpaired) electrons. The third-order valence-electron chi connectivity index (χ3n) is 3.49. The first-order chi connectivity index (χ1) is 10.7. The fraction of sp³-hybridized carbons (Fsp3) is 0.375. The Hall–Kier alpha value is -2.34. The van der Waals surface area contributed by atoms with E-state index in [0.717, 1.165) is 40.9 Å². The zero-order valence-electron chi connectivity index (χ0n) is 12.8. The quantitative estimate of drug-likeness (QED) is 0.733. The van der Waals surface area contributed by atoms with Gasteiger partial charge < -0.3 is 9.84 Å². The third-order valence-corrected chi connectivity index (χ3v) is 3.49. The Bertz CT molecular complexity index is 762. The van der Waals surface area contributed by atoms with Crippen molar-refractivity contribution >= 4 is 10.9 Å². The van der Waals surface area contributed by atoms with Crippen LogP contribution in [-0.2, 0) is 6.54 Å². The van der Waals surface area contributed by atoms with Crippen LogP contribution in [-0.4, -0.2) is 37.8 Å². The number of nitrogens with one attached hydrogen (secondary N) is 1. The second-order valence-electron chi connectivity index (χ2n) is 5.38. The molecule has 0 fully saturated rings. The number of aromatic amines is 1. The molecule has 1 unspecified atom stereocenters. The van der Waals surface area contributed by atoms with E-state index in [-0.39, 0.29) is 12.7 Å². The van der Waals surface area contributed by atoms with Crippen LogP contribution >= 0.6 is 0 Å². The Labute approximate surface area is 128 Å². The largest absolute Gasteiger partial charge is 0.488 e. The highest BCUT2D eigenvalue weighted by Gasteiger charge is 2.12. The van der Waals surface area contributed by atoms with E-state index in [9.17, 15) is 0 Å². The molecule has 0 saturated heterocycles. The number of rotatable bonds is 6. The van der Waals surface area contributed by atoms with Gasteiger partial charge in [0.2, 0.25) is 0 Å². The minimum Gasteiger partial charge on any atom is -0.488 e. The number of hydrogen-bond donors (Lipinski definition) is 2. The number of hydrogen-bond acceptors (Lipinski definition) is 4. The van der Waals surface area contributed by atoms with Gasteiger partial charge in [0.1, 0.15) is 17.5 Å². The molecule has 0 aliphatic rings. The first kappa shape index (κ1) is 14.6. The lowest BCUT2D eigenvalue weighted by atomic mass is 10.1. The van der Waals surface area contributed by atoms with Crippen LogP contribution in [0.3, 0.4) is 0 Å². The first-order valence-corrected chi connectivity index (χ1v) is 7.49. The van der Waals surface area contributed by atoms with Gasteiger partial charge in [0.05, 0.1) is 18.3 Å². The smallest absolute Gasteiger partial charge is 0.120 e. The molecular weight excluding hydrogens is 280 g/mol. The van der Waals surface area contributed by atoms with Gasteiger partial charge in [-0.1, -0.05) is 6.92 Å². The number of fused-ring (bicyclic) bond motifs is 1. The van der Waals surface area contributed by atoms with Gasteiger partial charge in [0.15, 0.2) is 0 Å². The molecule has 0 aliphatic heterocycles. The van der Waals surface area contributed by atoms with Gasteiger partial charge in [-0.2, -0.15) is 10.2 Å². The third kappa shape index (κ3) is 2.82. The molecule has 3 rings (SSSR count). The molecule has 0 saturated carbocycles. The highest BCUT2D eigenvalue weighted by molar-refractivity contribution is 5.93. The predicted molar refractivity (Wildman–Crippen MR) is 84.8 cm³/mol. The molecule has 2 heterocycles. The fourth-order valence-electron chi connectivity index (χ4n) is 2.39. The maximum absolute atomic E-state index is 9.10. The number of H-pyrrole nitrogens is 1. The van der Waals surface area contributed by atoms with Crippen LogP contribution < -0.4 is 4.74 Å². The summed E-state index contributed by atoms with van der Waals surface area (Å²) in [5.41, 5.74) is 2.79. The summed E-state index contributed by atoms with van der Waals surface area (Å²) in [6.45, 7) is 4.83. The maximum Gasteiger partial charge on any atom is 0.120 e. The summed E-state index contributed by atoms with van der Waals surface area (Å²) in [4.78, 5) is 0. The van der Waals surface area contributed by atoms with Crippen LogP contribution in [0.4, 0.5) is 0 Å². The van der Waals surface area contributed by atoms with Crippen molar-refractivity contribution < 1.29 is 9.84 Å². The number of aliphatic hydroxyl groups excluding tert-OH is 1. The maximum atomic E-state index is 9.10. The number of aryl methyl sites for hydroxylation is 1. The van der Waals surface area contributed by atoms with Gasteiger partial charge in [0.25, 0.3) is 0 Å². The van der Waals surface area contributed by atoms with Crippen molar-refractivity contribution in [1.29, 1.82) is 0 Å². The van der Waals surface area contributed by atoms with Gasteiger partial charge in [0, 0.05) is 23.7 Å². The summed E-state index contributed by atoms with van der Waals surface area (Å²) in [7, 11) is 0. The van der Waals surface area contributed by atoms with Crippen LogP contribution in [0.5, 0.6) is 5.75 Å². The summed E-state index contributed by atoms with van der Waals surface area (Å²) in [5.74, 6) is 0.720. The normalized spacial score (nSPS) is 12.7. The number of ether oxygens (including phenoxy) is 1. The Balaban J connectivity index is 1.96. The van der Waals surface area contributed by atoms with E-state index >= 15 is 0 Å². The zero-order valence-corrected chi connectivity index (χ0v) is 12.8. The highest BCUT2D eigenvalue weighted by Crippen LogP contribution is 2.29. The summed E-state index contributed by atoms with van der Waals surface area (Å²) in [5, 5.41) is 21.9. The Kier molecular flexibility index (Phi) is 4.11. The number of aromatic nitrogens is 4. The van der Waals surface area contributed by atoms with Crippen LogP contribution in [0.1, 0.15) is 20.3 Å².